The highest BCUT2D eigenvalue weighted by atomic mass is 16.1. The number of nitrogens with one attached hydrogen (secondary N) is 2. The molecule has 0 spiro atoms. The van der Waals surface area contributed by atoms with Crippen LogP contribution in [0, 0.1) is 0 Å². The number of amides is 1. The molecule has 0 aromatic rings. The van der Waals surface area contributed by atoms with Crippen LogP contribution in [0.5, 0.6) is 0 Å². The van der Waals surface area contributed by atoms with E-state index in [0.717, 1.165) is 38.6 Å². The van der Waals surface area contributed by atoms with Gasteiger partial charge in [-0.25, -0.2) is 0 Å². The van der Waals surface area contributed by atoms with E-state index in [9.17, 15) is 4.79 Å². The van der Waals surface area contributed by atoms with Crippen LogP contribution in [-0.2, 0) is 4.79 Å². The van der Waals surface area contributed by atoms with E-state index in [1.807, 2.05) is 0 Å². The molecule has 88 valence electrons. The number of rotatable bonds is 5. The number of nitrogens with two attached hydrogens (primary N) is 1. The molecular formula is C11H23N3O. The van der Waals surface area contributed by atoms with E-state index in [-0.39, 0.29) is 5.91 Å². The molecule has 15 heavy (non-hydrogen) atoms. The smallest absolute Gasteiger partial charge is 0.233 e. The second-order valence-electron chi connectivity index (χ2n) is 4.34. The van der Waals surface area contributed by atoms with E-state index in [4.69, 9.17) is 5.73 Å². The first kappa shape index (κ1) is 12.5. The van der Waals surface area contributed by atoms with Crippen molar-refractivity contribution in [3.8, 4) is 0 Å². The number of carbonyl (C=O) groups is 1. The van der Waals surface area contributed by atoms with Gasteiger partial charge < -0.3 is 16.4 Å². The predicted octanol–water partition coefficient (Wildman–Crippen LogP) is 0.372. The van der Waals surface area contributed by atoms with Crippen molar-refractivity contribution in [1.29, 1.82) is 0 Å². The monoisotopic (exact) mass is 213 g/mol. The number of hydrogen-bond acceptors (Lipinski definition) is 3. The molecule has 0 saturated heterocycles. The van der Waals surface area contributed by atoms with Crippen LogP contribution in [0.15, 0.2) is 0 Å². The molecule has 1 amide bonds. The maximum absolute atomic E-state index is 11.3. The zero-order chi connectivity index (χ0) is 11.1. The van der Waals surface area contributed by atoms with Gasteiger partial charge in [-0.3, -0.25) is 4.79 Å². The molecular weight excluding hydrogens is 190 g/mol. The van der Waals surface area contributed by atoms with Crippen LogP contribution >= 0.6 is 0 Å². The SMILES string of the molecule is CCCNC(=O)CNC1CCC(N)CC1. The zero-order valence-electron chi connectivity index (χ0n) is 9.59. The lowest BCUT2D eigenvalue weighted by Gasteiger charge is -2.26. The first-order valence-corrected chi connectivity index (χ1v) is 5.98. The van der Waals surface area contributed by atoms with E-state index in [1.165, 1.54) is 0 Å². The molecule has 0 atom stereocenters. The molecule has 0 aromatic heterocycles. The first-order valence-electron chi connectivity index (χ1n) is 5.98. The standard InChI is InChI=1S/C11H23N3O/c1-2-7-13-11(15)8-14-10-5-3-9(12)4-6-10/h9-10,14H,2-8,12H2,1H3,(H,13,15). The molecule has 0 aromatic carbocycles. The van der Waals surface area contributed by atoms with Crippen molar-refractivity contribution in [3.63, 3.8) is 0 Å². The van der Waals surface area contributed by atoms with Gasteiger partial charge in [0.2, 0.25) is 5.91 Å². The third-order valence-electron chi connectivity index (χ3n) is 2.90. The predicted molar refractivity (Wildman–Crippen MR) is 61.5 cm³/mol. The molecule has 4 nitrogen and oxygen atoms in total. The minimum Gasteiger partial charge on any atom is -0.355 e. The van der Waals surface area contributed by atoms with Crippen molar-refractivity contribution in [2.45, 2.75) is 51.1 Å². The highest BCUT2D eigenvalue weighted by Crippen LogP contribution is 2.16. The van der Waals surface area contributed by atoms with Crippen LogP contribution in [0.25, 0.3) is 0 Å². The van der Waals surface area contributed by atoms with Crippen molar-refractivity contribution in [3.05, 3.63) is 0 Å². The summed E-state index contributed by atoms with van der Waals surface area (Å²) in [5.74, 6) is 0.103. The summed E-state index contributed by atoms with van der Waals surface area (Å²) in [4.78, 5) is 11.3. The maximum atomic E-state index is 11.3. The summed E-state index contributed by atoms with van der Waals surface area (Å²) in [5, 5.41) is 6.14. The summed E-state index contributed by atoms with van der Waals surface area (Å²) < 4.78 is 0. The Labute approximate surface area is 92.0 Å². The lowest BCUT2D eigenvalue weighted by molar-refractivity contribution is -0.120. The van der Waals surface area contributed by atoms with Gasteiger partial charge in [0.15, 0.2) is 0 Å². The molecule has 1 saturated carbocycles. The minimum atomic E-state index is 0.103. The largest absolute Gasteiger partial charge is 0.355 e. The molecule has 0 heterocycles. The Bertz CT molecular complexity index is 188. The molecule has 4 heteroatoms. The molecule has 1 rings (SSSR count). The maximum Gasteiger partial charge on any atom is 0.233 e. The van der Waals surface area contributed by atoms with Crippen molar-refractivity contribution < 1.29 is 4.79 Å². The van der Waals surface area contributed by atoms with Crippen LogP contribution in [0.1, 0.15) is 39.0 Å². The summed E-state index contributed by atoms with van der Waals surface area (Å²) in [5.41, 5.74) is 5.81. The Balaban J connectivity index is 2.06. The van der Waals surface area contributed by atoms with E-state index >= 15 is 0 Å². The van der Waals surface area contributed by atoms with Gasteiger partial charge in [-0.1, -0.05) is 6.92 Å². The van der Waals surface area contributed by atoms with E-state index in [0.29, 0.717) is 18.6 Å². The molecule has 4 N–H and O–H groups in total. The summed E-state index contributed by atoms with van der Waals surface area (Å²) in [7, 11) is 0. The second-order valence-corrected chi connectivity index (χ2v) is 4.34. The summed E-state index contributed by atoms with van der Waals surface area (Å²) in [6, 6.07) is 0.856. The fraction of sp³-hybridized carbons (Fsp3) is 0.909. The topological polar surface area (TPSA) is 67.2 Å². The molecule has 0 radical (unpaired) electrons. The normalized spacial score (nSPS) is 26.3. The van der Waals surface area contributed by atoms with Crippen LogP contribution in [-0.4, -0.2) is 31.1 Å². The van der Waals surface area contributed by atoms with Crippen molar-refractivity contribution in [2.75, 3.05) is 13.1 Å². The van der Waals surface area contributed by atoms with Gasteiger partial charge in [0.25, 0.3) is 0 Å². The highest BCUT2D eigenvalue weighted by Gasteiger charge is 2.18. The van der Waals surface area contributed by atoms with Gasteiger partial charge in [-0.15, -0.1) is 0 Å². The fourth-order valence-corrected chi connectivity index (χ4v) is 1.89. The minimum absolute atomic E-state index is 0.103. The molecule has 1 fully saturated rings. The van der Waals surface area contributed by atoms with Crippen LogP contribution in [0.4, 0.5) is 0 Å². The van der Waals surface area contributed by atoms with Gasteiger partial charge in [-0.05, 0) is 32.1 Å². The summed E-state index contributed by atoms with van der Waals surface area (Å²) >= 11 is 0. The highest BCUT2D eigenvalue weighted by molar-refractivity contribution is 5.77. The van der Waals surface area contributed by atoms with Crippen LogP contribution < -0.4 is 16.4 Å². The van der Waals surface area contributed by atoms with Crippen LogP contribution in [0.3, 0.4) is 0 Å². The van der Waals surface area contributed by atoms with Crippen molar-refractivity contribution in [1.82, 2.24) is 10.6 Å². The number of carbonyl (C=O) groups excluding carboxylic acids is 1. The Morgan fingerprint density at radius 2 is 2.00 bits per heavy atom. The Morgan fingerprint density at radius 3 is 2.60 bits per heavy atom. The molecule has 1 aliphatic carbocycles. The Hall–Kier alpha value is -0.610. The van der Waals surface area contributed by atoms with Crippen molar-refractivity contribution >= 4 is 5.91 Å². The molecule has 0 aliphatic heterocycles. The third kappa shape index (κ3) is 5.14. The van der Waals surface area contributed by atoms with E-state index in [1.54, 1.807) is 0 Å². The van der Waals surface area contributed by atoms with Gasteiger partial charge in [-0.2, -0.15) is 0 Å². The quantitative estimate of drug-likeness (QED) is 0.618. The Morgan fingerprint density at radius 1 is 1.33 bits per heavy atom. The van der Waals surface area contributed by atoms with E-state index < -0.39 is 0 Å². The average Bonchev–Trinajstić information content (AvgIpc) is 2.25. The molecule has 0 bridgehead atoms. The first-order chi connectivity index (χ1) is 7.22. The average molecular weight is 213 g/mol. The van der Waals surface area contributed by atoms with Gasteiger partial charge in [0, 0.05) is 18.6 Å². The Kier molecular flexibility index (Phi) is 5.65. The second kappa shape index (κ2) is 6.80. The lowest BCUT2D eigenvalue weighted by Crippen LogP contribution is -2.42. The molecule has 1 aliphatic rings. The fourth-order valence-electron chi connectivity index (χ4n) is 1.89. The summed E-state index contributed by atoms with van der Waals surface area (Å²) in [6.07, 6.45) is 5.34. The van der Waals surface area contributed by atoms with Crippen LogP contribution in [0.2, 0.25) is 0 Å². The van der Waals surface area contributed by atoms with Gasteiger partial charge >= 0.3 is 0 Å². The lowest BCUT2D eigenvalue weighted by atomic mass is 9.92. The number of hydrogen-bond donors (Lipinski definition) is 3. The molecule has 0 unspecified atom stereocenters. The summed E-state index contributed by atoms with van der Waals surface area (Å²) in [6.45, 7) is 3.27. The van der Waals surface area contributed by atoms with Crippen molar-refractivity contribution in [2.24, 2.45) is 5.73 Å². The third-order valence-corrected chi connectivity index (χ3v) is 2.90. The van der Waals surface area contributed by atoms with Gasteiger partial charge in [0.1, 0.15) is 0 Å². The van der Waals surface area contributed by atoms with E-state index in [2.05, 4.69) is 17.6 Å². The van der Waals surface area contributed by atoms with Gasteiger partial charge in [0.05, 0.1) is 6.54 Å². The zero-order valence-corrected chi connectivity index (χ0v) is 9.59.